The van der Waals surface area contributed by atoms with E-state index in [4.69, 9.17) is 0 Å². The van der Waals surface area contributed by atoms with Gasteiger partial charge in [-0.2, -0.15) is 0 Å². The summed E-state index contributed by atoms with van der Waals surface area (Å²) >= 11 is 2.11. The highest BCUT2D eigenvalue weighted by Gasteiger charge is 2.53. The van der Waals surface area contributed by atoms with Crippen LogP contribution in [0.3, 0.4) is 0 Å². The lowest BCUT2D eigenvalue weighted by Gasteiger charge is -2.48. The van der Waals surface area contributed by atoms with Crippen molar-refractivity contribution in [3.8, 4) is 22.3 Å². The molecule has 3 aliphatic carbocycles. The van der Waals surface area contributed by atoms with Crippen LogP contribution < -0.4 is 26.2 Å². The van der Waals surface area contributed by atoms with Gasteiger partial charge in [0, 0.05) is 33.3 Å². The van der Waals surface area contributed by atoms with Crippen LogP contribution in [0.25, 0.3) is 22.3 Å². The summed E-state index contributed by atoms with van der Waals surface area (Å²) in [7, 11) is 0. The molecule has 0 bridgehead atoms. The number of hydrogen-bond donors (Lipinski definition) is 0. The number of rotatable bonds is 4. The Morgan fingerprint density at radius 3 is 1.35 bits per heavy atom. The van der Waals surface area contributed by atoms with Crippen LogP contribution in [0.15, 0.2) is 109 Å². The van der Waals surface area contributed by atoms with Gasteiger partial charge in [-0.3, -0.25) is 0 Å². The van der Waals surface area contributed by atoms with Gasteiger partial charge in [-0.1, -0.05) is 200 Å². The van der Waals surface area contributed by atoms with Crippen molar-refractivity contribution in [1.29, 1.82) is 0 Å². The summed E-state index contributed by atoms with van der Waals surface area (Å²) in [5, 5.41) is 1.40. The number of nitrogens with zero attached hydrogens (tertiary/aromatic N) is 2. The minimum absolute atomic E-state index is 0.0122. The van der Waals surface area contributed by atoms with Gasteiger partial charge >= 0.3 is 0 Å². The average Bonchev–Trinajstić information content (AvgIpc) is 3.80. The smallest absolute Gasteiger partial charge is 0.253 e. The van der Waals surface area contributed by atoms with Crippen molar-refractivity contribution < 1.29 is 0 Å². The lowest BCUT2D eigenvalue weighted by molar-refractivity contribution is 0.332. The molecule has 4 heteroatoms. The highest BCUT2D eigenvalue weighted by Crippen LogP contribution is 2.58. The number of anilines is 6. The second-order valence-electron chi connectivity index (χ2n) is 32.7. The number of hydrogen-bond acceptors (Lipinski definition) is 3. The first-order chi connectivity index (χ1) is 37.0. The van der Waals surface area contributed by atoms with Crippen molar-refractivity contribution in [2.45, 2.75) is 233 Å². The molecule has 0 fully saturated rings. The zero-order chi connectivity index (χ0) is 57.6. The molecule has 416 valence electrons. The highest BCUT2D eigenvalue weighted by atomic mass is 32.1. The summed E-state index contributed by atoms with van der Waals surface area (Å²) < 4.78 is 0. The molecule has 2 nitrogen and oxygen atoms in total. The van der Waals surface area contributed by atoms with E-state index in [1.165, 1.54) is 125 Å². The van der Waals surface area contributed by atoms with E-state index in [9.17, 15) is 0 Å². The summed E-state index contributed by atoms with van der Waals surface area (Å²) in [5.74, 6) is 0. The van der Waals surface area contributed by atoms with E-state index in [-0.39, 0.29) is 55.4 Å². The van der Waals surface area contributed by atoms with Gasteiger partial charge in [-0.05, 0) is 225 Å². The SMILES string of the molecule is CC(C)(C)c1ccc(N2c3cc(-c4cc5c(cc4-c4ccccc4)C(C)(C)CCC5(C)C)cc4c3B(c3cc5c(cc3N4c3cc(C(C)(C)C)cc(C(C)(C)C)c3)C(C)(C)CCC5(C)C)c3c2sc2c3C(C)(C)CCC2(C)C)cc1. The molecule has 0 amide bonds. The van der Waals surface area contributed by atoms with Crippen molar-refractivity contribution in [2.75, 3.05) is 9.80 Å². The van der Waals surface area contributed by atoms with Gasteiger partial charge in [0.25, 0.3) is 6.71 Å². The first kappa shape index (κ1) is 55.2. The summed E-state index contributed by atoms with van der Waals surface area (Å²) in [6.45, 7) is 51.8. The van der Waals surface area contributed by atoms with E-state index in [1.54, 1.807) is 15.9 Å². The number of fused-ring (bicyclic) bond motifs is 8. The molecule has 5 aliphatic rings. The van der Waals surface area contributed by atoms with Crippen molar-refractivity contribution in [1.82, 2.24) is 0 Å². The van der Waals surface area contributed by atoms with E-state index in [2.05, 4.69) is 276 Å². The van der Waals surface area contributed by atoms with Gasteiger partial charge in [-0.25, -0.2) is 0 Å². The fraction of sp³-hybridized carbons (Fsp3) is 0.474. The Hall–Kier alpha value is -5.32. The van der Waals surface area contributed by atoms with Crippen LogP contribution in [0, 0.1) is 0 Å². The maximum Gasteiger partial charge on any atom is 0.253 e. The predicted octanol–water partition coefficient (Wildman–Crippen LogP) is 20.1. The highest BCUT2D eigenvalue weighted by molar-refractivity contribution is 7.20. The Morgan fingerprint density at radius 1 is 0.388 bits per heavy atom. The first-order valence-electron chi connectivity index (χ1n) is 30.7. The molecule has 3 heterocycles. The van der Waals surface area contributed by atoms with Crippen LogP contribution in [-0.4, -0.2) is 6.71 Å². The third kappa shape index (κ3) is 8.66. The van der Waals surface area contributed by atoms with Crippen LogP contribution in [-0.2, 0) is 48.7 Å². The normalized spacial score (nSPS) is 19.8. The van der Waals surface area contributed by atoms with E-state index >= 15 is 0 Å². The van der Waals surface area contributed by atoms with Gasteiger partial charge in [0.15, 0.2) is 0 Å². The summed E-state index contributed by atoms with van der Waals surface area (Å²) in [4.78, 5) is 7.14. The van der Waals surface area contributed by atoms with Crippen LogP contribution in [0.2, 0.25) is 0 Å². The molecule has 0 unspecified atom stereocenters. The molecule has 1 aromatic heterocycles. The quantitative estimate of drug-likeness (QED) is 0.162. The standard InChI is InChI=1S/C76H93BN2S/c1-68(2,3)48-27-29-51(30-28-48)79-62-38-47(54-43-56-55(71(10,11)31-32-72(56,12)13)42-53(54)46-25-23-22-24-26-46)37-61-64(62)77(65-63-66(80-67(65)79)76(20,21)36-35-75(63,18)19)59-44-57-58(74(16,17)34-33-73(57,14)15)45-60(59)78(61)52-40-49(69(4,5)6)39-50(41-52)70(7,8)9/h22-30,37-45H,31-36H2,1-21H3. The Kier molecular flexibility index (Phi) is 12.2. The van der Waals surface area contributed by atoms with E-state index in [1.807, 2.05) is 0 Å². The van der Waals surface area contributed by atoms with Crippen molar-refractivity contribution in [3.63, 3.8) is 0 Å². The average molecular weight is 1080 g/mol. The minimum Gasteiger partial charge on any atom is -0.311 e. The fourth-order valence-electron chi connectivity index (χ4n) is 15.0. The molecule has 12 rings (SSSR count). The number of thiophene rings is 1. The molecule has 6 aromatic carbocycles. The maximum absolute atomic E-state index is 2.80. The molecule has 2 aliphatic heterocycles. The molecule has 7 aromatic rings. The van der Waals surface area contributed by atoms with Crippen LogP contribution in [0.5, 0.6) is 0 Å². The van der Waals surface area contributed by atoms with Gasteiger partial charge in [0.05, 0.1) is 5.00 Å². The Morgan fingerprint density at radius 2 is 0.838 bits per heavy atom. The predicted molar refractivity (Wildman–Crippen MR) is 351 cm³/mol. The maximum atomic E-state index is 2.80. The van der Waals surface area contributed by atoms with Crippen molar-refractivity contribution >= 4 is 67.9 Å². The van der Waals surface area contributed by atoms with E-state index in [0.29, 0.717) is 0 Å². The van der Waals surface area contributed by atoms with E-state index in [0.717, 1.165) is 19.3 Å². The van der Waals surface area contributed by atoms with E-state index < -0.39 is 0 Å². The summed E-state index contributed by atoms with van der Waals surface area (Å²) in [5.41, 5.74) is 27.8. The lowest BCUT2D eigenvalue weighted by Crippen LogP contribution is -2.63. The minimum atomic E-state index is -0.0757. The zero-order valence-electron chi connectivity index (χ0n) is 53.0. The summed E-state index contributed by atoms with van der Waals surface area (Å²) in [6.07, 6.45) is 7.00. The molecule has 0 atom stereocenters. The van der Waals surface area contributed by atoms with Gasteiger partial charge in [-0.15, -0.1) is 11.3 Å². The largest absolute Gasteiger partial charge is 0.311 e. The van der Waals surface area contributed by atoms with Crippen LogP contribution in [0.1, 0.15) is 233 Å². The van der Waals surface area contributed by atoms with Crippen molar-refractivity contribution in [3.05, 3.63) is 159 Å². The lowest BCUT2D eigenvalue weighted by atomic mass is 9.32. The third-order valence-electron chi connectivity index (χ3n) is 20.8. The fourth-order valence-corrected chi connectivity index (χ4v) is 16.7. The van der Waals surface area contributed by atoms with Gasteiger partial charge in [0.1, 0.15) is 0 Å². The third-order valence-corrected chi connectivity index (χ3v) is 22.4. The Balaban J connectivity index is 1.30. The monoisotopic (exact) mass is 1080 g/mol. The molecule has 0 saturated heterocycles. The Bertz CT molecular complexity index is 3630. The molecule has 0 radical (unpaired) electrons. The second-order valence-corrected chi connectivity index (χ2v) is 33.7. The van der Waals surface area contributed by atoms with Crippen LogP contribution >= 0.6 is 11.3 Å². The first-order valence-corrected chi connectivity index (χ1v) is 31.5. The molecule has 0 saturated carbocycles. The summed E-state index contributed by atoms with van der Waals surface area (Å²) in [6, 6.07) is 44.9. The van der Waals surface area contributed by atoms with Gasteiger partial charge in [0.2, 0.25) is 0 Å². The van der Waals surface area contributed by atoms with Crippen LogP contribution in [0.4, 0.5) is 33.4 Å². The van der Waals surface area contributed by atoms with Gasteiger partial charge < -0.3 is 9.80 Å². The molecule has 0 N–H and O–H groups in total. The topological polar surface area (TPSA) is 6.48 Å². The molecule has 80 heavy (non-hydrogen) atoms. The molecular weight excluding hydrogens is 984 g/mol. The molecule has 0 spiro atoms. The zero-order valence-corrected chi connectivity index (χ0v) is 53.8. The number of benzene rings is 6. The van der Waals surface area contributed by atoms with Crippen molar-refractivity contribution in [2.24, 2.45) is 0 Å². The Labute approximate surface area is 488 Å². The second kappa shape index (κ2) is 17.6. The molecular formula is C76H93BN2S.